The lowest BCUT2D eigenvalue weighted by Gasteiger charge is -2.15. The van der Waals surface area contributed by atoms with E-state index in [1.54, 1.807) is 49.4 Å². The molecular weight excluding hydrogens is 370 g/mol. The number of carbonyl (C=O) groups is 3. The van der Waals surface area contributed by atoms with Gasteiger partial charge in [-0.25, -0.2) is 4.79 Å². The number of amides is 1. The van der Waals surface area contributed by atoms with Gasteiger partial charge in [-0.1, -0.05) is 17.7 Å². The molecule has 0 saturated carbocycles. The van der Waals surface area contributed by atoms with E-state index in [2.05, 4.69) is 5.32 Å². The summed E-state index contributed by atoms with van der Waals surface area (Å²) in [5.74, 6) is -0.796. The van der Waals surface area contributed by atoms with Gasteiger partial charge in [-0.05, 0) is 62.7 Å². The number of carbonyl (C=O) groups excluding carboxylic acids is 3. The molecule has 0 spiro atoms. The summed E-state index contributed by atoms with van der Waals surface area (Å²) >= 11 is 6.02. The van der Waals surface area contributed by atoms with Crippen LogP contribution >= 0.6 is 11.6 Å². The van der Waals surface area contributed by atoms with E-state index in [1.807, 2.05) is 0 Å². The van der Waals surface area contributed by atoms with Crippen molar-refractivity contribution < 1.29 is 23.9 Å². The Balaban J connectivity index is 1.84. The number of ketones is 1. The number of nitrogens with one attached hydrogen (secondary N) is 1. The van der Waals surface area contributed by atoms with Crippen molar-refractivity contribution in [1.82, 2.24) is 0 Å². The van der Waals surface area contributed by atoms with E-state index >= 15 is 0 Å². The summed E-state index contributed by atoms with van der Waals surface area (Å²) in [7, 11) is 0. The van der Waals surface area contributed by atoms with Crippen LogP contribution in [0.15, 0.2) is 42.5 Å². The van der Waals surface area contributed by atoms with Gasteiger partial charge in [0.2, 0.25) is 0 Å². The van der Waals surface area contributed by atoms with Gasteiger partial charge in [0.1, 0.15) is 5.75 Å². The number of halogens is 1. The normalized spacial score (nSPS) is 11.4. The van der Waals surface area contributed by atoms with Crippen molar-refractivity contribution in [3.05, 3.63) is 58.6 Å². The van der Waals surface area contributed by atoms with Gasteiger partial charge in [0.15, 0.2) is 18.5 Å². The van der Waals surface area contributed by atoms with Crippen LogP contribution in [0, 0.1) is 6.92 Å². The second kappa shape index (κ2) is 9.19. The first-order chi connectivity index (χ1) is 12.8. The van der Waals surface area contributed by atoms with Crippen LogP contribution in [0.4, 0.5) is 5.69 Å². The van der Waals surface area contributed by atoms with Crippen molar-refractivity contribution in [2.24, 2.45) is 0 Å². The summed E-state index contributed by atoms with van der Waals surface area (Å²) < 4.78 is 10.4. The lowest BCUT2D eigenvalue weighted by Crippen LogP contribution is -2.31. The average molecular weight is 390 g/mol. The first kappa shape index (κ1) is 20.5. The topological polar surface area (TPSA) is 81.7 Å². The number of rotatable bonds is 7. The van der Waals surface area contributed by atoms with Gasteiger partial charge in [0.05, 0.1) is 0 Å². The molecule has 0 radical (unpaired) electrons. The summed E-state index contributed by atoms with van der Waals surface area (Å²) in [4.78, 5) is 35.3. The SMILES string of the molecule is CC(=O)c1ccc(OCC(=O)O[C@@H](C)C(=O)Nc2cccc(Cl)c2C)cc1. The predicted molar refractivity (Wildman–Crippen MR) is 102 cm³/mol. The van der Waals surface area contributed by atoms with Crippen molar-refractivity contribution in [3.8, 4) is 5.75 Å². The van der Waals surface area contributed by atoms with Crippen LogP contribution in [0.25, 0.3) is 0 Å². The lowest BCUT2D eigenvalue weighted by molar-refractivity contribution is -0.155. The maximum atomic E-state index is 12.2. The smallest absolute Gasteiger partial charge is 0.344 e. The van der Waals surface area contributed by atoms with Gasteiger partial charge >= 0.3 is 5.97 Å². The first-order valence-electron chi connectivity index (χ1n) is 8.27. The van der Waals surface area contributed by atoms with E-state index in [4.69, 9.17) is 21.1 Å². The van der Waals surface area contributed by atoms with Crippen molar-refractivity contribution in [3.63, 3.8) is 0 Å². The van der Waals surface area contributed by atoms with E-state index in [1.165, 1.54) is 13.8 Å². The minimum absolute atomic E-state index is 0.0595. The van der Waals surface area contributed by atoms with Gasteiger partial charge in [0, 0.05) is 16.3 Å². The Morgan fingerprint density at radius 1 is 1.11 bits per heavy atom. The van der Waals surface area contributed by atoms with Crippen LogP contribution in [0.2, 0.25) is 5.02 Å². The van der Waals surface area contributed by atoms with Crippen LogP contribution in [0.5, 0.6) is 5.75 Å². The van der Waals surface area contributed by atoms with E-state index in [-0.39, 0.29) is 12.4 Å². The Labute approximate surface area is 162 Å². The Morgan fingerprint density at radius 3 is 2.41 bits per heavy atom. The number of esters is 1. The summed E-state index contributed by atoms with van der Waals surface area (Å²) in [6.07, 6.45) is -1.00. The molecule has 1 atom stereocenters. The fraction of sp³-hybridized carbons (Fsp3) is 0.250. The zero-order valence-electron chi connectivity index (χ0n) is 15.2. The quantitative estimate of drug-likeness (QED) is 0.575. The molecule has 2 aromatic rings. The van der Waals surface area contributed by atoms with Crippen molar-refractivity contribution in [2.45, 2.75) is 26.9 Å². The molecule has 0 unspecified atom stereocenters. The molecule has 2 aromatic carbocycles. The Morgan fingerprint density at radius 2 is 1.78 bits per heavy atom. The highest BCUT2D eigenvalue weighted by molar-refractivity contribution is 6.31. The second-order valence-electron chi connectivity index (χ2n) is 5.90. The zero-order chi connectivity index (χ0) is 20.0. The highest BCUT2D eigenvalue weighted by atomic mass is 35.5. The number of benzene rings is 2. The van der Waals surface area contributed by atoms with E-state index < -0.39 is 18.0 Å². The van der Waals surface area contributed by atoms with Crippen LogP contribution < -0.4 is 10.1 Å². The average Bonchev–Trinajstić information content (AvgIpc) is 2.64. The minimum atomic E-state index is -1.00. The Bertz CT molecular complexity index is 848. The molecule has 0 bridgehead atoms. The molecule has 1 amide bonds. The molecule has 27 heavy (non-hydrogen) atoms. The lowest BCUT2D eigenvalue weighted by atomic mass is 10.1. The number of hydrogen-bond acceptors (Lipinski definition) is 5. The molecular formula is C20H20ClNO5. The third-order valence-electron chi connectivity index (χ3n) is 3.82. The molecule has 142 valence electrons. The largest absolute Gasteiger partial charge is 0.482 e. The van der Waals surface area contributed by atoms with Crippen LogP contribution in [0.1, 0.15) is 29.8 Å². The van der Waals surface area contributed by atoms with Crippen LogP contribution in [-0.4, -0.2) is 30.4 Å². The van der Waals surface area contributed by atoms with Crippen molar-refractivity contribution in [1.29, 1.82) is 0 Å². The molecule has 0 aliphatic carbocycles. The number of Topliss-reactive ketones (excluding diaryl/α,β-unsaturated/α-hetero) is 1. The highest BCUT2D eigenvalue weighted by Crippen LogP contribution is 2.23. The maximum Gasteiger partial charge on any atom is 0.344 e. The van der Waals surface area contributed by atoms with E-state index in [0.717, 1.165) is 5.56 Å². The molecule has 0 aromatic heterocycles. The van der Waals surface area contributed by atoms with Gasteiger partial charge in [-0.2, -0.15) is 0 Å². The zero-order valence-corrected chi connectivity index (χ0v) is 16.0. The summed E-state index contributed by atoms with van der Waals surface area (Å²) in [5, 5.41) is 3.20. The van der Waals surface area contributed by atoms with Gasteiger partial charge in [-0.3, -0.25) is 9.59 Å². The van der Waals surface area contributed by atoms with E-state index in [9.17, 15) is 14.4 Å². The van der Waals surface area contributed by atoms with Gasteiger partial charge < -0.3 is 14.8 Å². The fourth-order valence-corrected chi connectivity index (χ4v) is 2.36. The van der Waals surface area contributed by atoms with Gasteiger partial charge in [-0.15, -0.1) is 0 Å². The van der Waals surface area contributed by atoms with E-state index in [0.29, 0.717) is 22.0 Å². The maximum absolute atomic E-state index is 12.2. The summed E-state index contributed by atoms with van der Waals surface area (Å²) in [6.45, 7) is 4.35. The highest BCUT2D eigenvalue weighted by Gasteiger charge is 2.19. The molecule has 0 aliphatic rings. The standard InChI is InChI=1S/C20H20ClNO5/c1-12-17(21)5-4-6-18(12)22-20(25)14(3)27-19(24)11-26-16-9-7-15(8-10-16)13(2)23/h4-10,14H,11H2,1-3H3,(H,22,25)/t14-/m0/s1. The number of anilines is 1. The third-order valence-corrected chi connectivity index (χ3v) is 4.23. The first-order valence-corrected chi connectivity index (χ1v) is 8.65. The Kier molecular flexibility index (Phi) is 6.96. The molecule has 0 fully saturated rings. The fourth-order valence-electron chi connectivity index (χ4n) is 2.19. The van der Waals surface area contributed by atoms with Crippen molar-refractivity contribution in [2.75, 3.05) is 11.9 Å². The Hall–Kier alpha value is -2.86. The summed E-state index contributed by atoms with van der Waals surface area (Å²) in [6, 6.07) is 11.5. The predicted octanol–water partition coefficient (Wildman–Crippen LogP) is 3.80. The minimum Gasteiger partial charge on any atom is -0.482 e. The summed E-state index contributed by atoms with van der Waals surface area (Å²) in [5.41, 5.74) is 1.83. The molecule has 0 heterocycles. The van der Waals surface area contributed by atoms with Crippen LogP contribution in [-0.2, 0) is 14.3 Å². The molecule has 7 heteroatoms. The second-order valence-corrected chi connectivity index (χ2v) is 6.31. The molecule has 0 aliphatic heterocycles. The molecule has 2 rings (SSSR count). The van der Waals surface area contributed by atoms with Crippen LogP contribution in [0.3, 0.4) is 0 Å². The monoisotopic (exact) mass is 389 g/mol. The molecule has 1 N–H and O–H groups in total. The number of ether oxygens (including phenoxy) is 2. The van der Waals surface area contributed by atoms with Crippen molar-refractivity contribution >= 4 is 34.9 Å². The molecule has 6 nitrogen and oxygen atoms in total. The third kappa shape index (κ3) is 5.82. The number of hydrogen-bond donors (Lipinski definition) is 1. The molecule has 0 saturated heterocycles. The van der Waals surface area contributed by atoms with Gasteiger partial charge in [0.25, 0.3) is 5.91 Å².